The van der Waals surface area contributed by atoms with Crippen LogP contribution in [-0.4, -0.2) is 25.9 Å². The van der Waals surface area contributed by atoms with Gasteiger partial charge in [-0.1, -0.05) is 41.9 Å². The molecule has 0 saturated heterocycles. The van der Waals surface area contributed by atoms with Gasteiger partial charge < -0.3 is 10.6 Å². The number of benzene rings is 2. The number of hydrogen-bond donors (Lipinski definition) is 2. The van der Waals surface area contributed by atoms with Gasteiger partial charge in [-0.3, -0.25) is 9.78 Å². The number of carbonyl (C=O) groups excluding carboxylic acids is 1. The number of nitrogens with zero attached hydrogens (tertiary/aromatic N) is 1. The van der Waals surface area contributed by atoms with Crippen molar-refractivity contribution < 1.29 is 13.2 Å². The molecule has 0 aliphatic heterocycles. The van der Waals surface area contributed by atoms with Crippen LogP contribution in [-0.2, 0) is 21.2 Å². The van der Waals surface area contributed by atoms with E-state index in [2.05, 4.69) is 15.6 Å². The Kier molecular flexibility index (Phi) is 6.28. The van der Waals surface area contributed by atoms with E-state index < -0.39 is 9.84 Å². The zero-order chi connectivity index (χ0) is 20.0. The molecule has 2 aromatic carbocycles. The van der Waals surface area contributed by atoms with Gasteiger partial charge in [-0.2, -0.15) is 0 Å². The smallest absolute Gasteiger partial charge is 0.239 e. The van der Waals surface area contributed by atoms with E-state index in [0.29, 0.717) is 12.2 Å². The third-order valence-corrected chi connectivity index (χ3v) is 6.29. The van der Waals surface area contributed by atoms with Crippen LogP contribution < -0.4 is 10.6 Å². The number of rotatable bonds is 7. The fourth-order valence-electron chi connectivity index (χ4n) is 2.52. The van der Waals surface area contributed by atoms with Gasteiger partial charge >= 0.3 is 0 Å². The van der Waals surface area contributed by atoms with Gasteiger partial charge in [-0.15, -0.1) is 0 Å². The number of aromatic nitrogens is 1. The van der Waals surface area contributed by atoms with Crippen LogP contribution in [0.1, 0.15) is 5.56 Å². The second kappa shape index (κ2) is 8.86. The van der Waals surface area contributed by atoms with E-state index >= 15 is 0 Å². The number of halogens is 1. The highest BCUT2D eigenvalue weighted by Crippen LogP contribution is 2.32. The molecule has 0 fully saturated rings. The first kappa shape index (κ1) is 19.9. The minimum absolute atomic E-state index is 0.0128. The number of anilines is 1. The molecule has 2 N–H and O–H groups in total. The highest BCUT2D eigenvalue weighted by Gasteiger charge is 2.22. The van der Waals surface area contributed by atoms with Gasteiger partial charge in [0, 0.05) is 18.9 Å². The Morgan fingerprint density at radius 1 is 1.00 bits per heavy atom. The average molecular weight is 416 g/mol. The summed E-state index contributed by atoms with van der Waals surface area (Å²) in [5, 5.41) is 5.69. The number of sulfone groups is 1. The molecule has 0 saturated carbocycles. The Hall–Kier alpha value is -2.90. The van der Waals surface area contributed by atoms with Crippen molar-refractivity contribution in [1.29, 1.82) is 0 Å². The van der Waals surface area contributed by atoms with Crippen molar-refractivity contribution in [2.24, 2.45) is 0 Å². The van der Waals surface area contributed by atoms with Crippen LogP contribution in [0.5, 0.6) is 0 Å². The zero-order valence-electron chi connectivity index (χ0n) is 14.8. The molecule has 28 heavy (non-hydrogen) atoms. The largest absolute Gasteiger partial charge is 0.375 e. The van der Waals surface area contributed by atoms with E-state index in [9.17, 15) is 13.2 Å². The van der Waals surface area contributed by atoms with E-state index in [0.717, 1.165) is 5.56 Å². The quantitative estimate of drug-likeness (QED) is 0.618. The highest BCUT2D eigenvalue weighted by molar-refractivity contribution is 7.91. The molecule has 1 amide bonds. The lowest BCUT2D eigenvalue weighted by molar-refractivity contribution is -0.119. The van der Waals surface area contributed by atoms with Crippen LogP contribution in [0.2, 0.25) is 5.02 Å². The van der Waals surface area contributed by atoms with Gasteiger partial charge in [0.25, 0.3) is 0 Å². The van der Waals surface area contributed by atoms with Crippen LogP contribution in [0.3, 0.4) is 0 Å². The van der Waals surface area contributed by atoms with Gasteiger partial charge in [0.2, 0.25) is 15.7 Å². The van der Waals surface area contributed by atoms with Crippen molar-refractivity contribution in [1.82, 2.24) is 10.3 Å². The summed E-state index contributed by atoms with van der Waals surface area (Å²) in [6, 6.07) is 16.4. The summed E-state index contributed by atoms with van der Waals surface area (Å²) in [5.74, 6) is -0.253. The second-order valence-corrected chi connectivity index (χ2v) is 8.22. The fraction of sp³-hybridized carbons (Fsp3) is 0.100. The van der Waals surface area contributed by atoms with Crippen molar-refractivity contribution in [3.63, 3.8) is 0 Å². The number of amides is 1. The standard InChI is InChI=1S/C20H18ClN3O3S/c21-20-17(23-14-19(25)24-13-15-6-5-11-22-12-15)9-4-10-18(20)28(26,27)16-7-2-1-3-8-16/h1-12,23H,13-14H2,(H,24,25). The molecule has 0 aliphatic carbocycles. The first-order valence-corrected chi connectivity index (χ1v) is 10.3. The Balaban J connectivity index is 1.69. The lowest BCUT2D eigenvalue weighted by atomic mass is 10.3. The van der Waals surface area contributed by atoms with Crippen LogP contribution in [0.25, 0.3) is 0 Å². The number of carbonyl (C=O) groups is 1. The lowest BCUT2D eigenvalue weighted by Crippen LogP contribution is -2.29. The molecule has 144 valence electrons. The Morgan fingerprint density at radius 3 is 2.50 bits per heavy atom. The molecular formula is C20H18ClN3O3S. The first-order valence-electron chi connectivity index (χ1n) is 8.46. The molecule has 1 aromatic heterocycles. The molecule has 0 bridgehead atoms. The summed E-state index contributed by atoms with van der Waals surface area (Å²) in [6.07, 6.45) is 3.33. The van der Waals surface area contributed by atoms with Gasteiger partial charge in [0.05, 0.1) is 27.0 Å². The third-order valence-electron chi connectivity index (χ3n) is 3.96. The van der Waals surface area contributed by atoms with Crippen molar-refractivity contribution in [3.8, 4) is 0 Å². The van der Waals surface area contributed by atoms with Crippen LogP contribution in [0.4, 0.5) is 5.69 Å². The summed E-state index contributed by atoms with van der Waals surface area (Å²) in [6.45, 7) is 0.305. The Morgan fingerprint density at radius 2 is 1.79 bits per heavy atom. The summed E-state index contributed by atoms with van der Waals surface area (Å²) >= 11 is 6.32. The molecule has 3 aromatic rings. The number of nitrogens with one attached hydrogen (secondary N) is 2. The third kappa shape index (κ3) is 4.68. The minimum Gasteiger partial charge on any atom is -0.375 e. The fourth-order valence-corrected chi connectivity index (χ4v) is 4.39. The molecule has 0 atom stereocenters. The van der Waals surface area contributed by atoms with Crippen molar-refractivity contribution >= 4 is 33.0 Å². The molecule has 8 heteroatoms. The molecule has 1 heterocycles. The number of hydrogen-bond acceptors (Lipinski definition) is 5. The highest BCUT2D eigenvalue weighted by atomic mass is 35.5. The van der Waals surface area contributed by atoms with Gasteiger partial charge in [-0.25, -0.2) is 8.42 Å². The molecule has 0 spiro atoms. The van der Waals surface area contributed by atoms with Crippen LogP contribution in [0, 0.1) is 0 Å². The van der Waals surface area contributed by atoms with Crippen LogP contribution >= 0.6 is 11.6 Å². The molecule has 0 radical (unpaired) electrons. The van der Waals surface area contributed by atoms with Crippen molar-refractivity contribution in [2.45, 2.75) is 16.3 Å². The molecule has 6 nitrogen and oxygen atoms in total. The normalized spacial score (nSPS) is 11.0. The van der Waals surface area contributed by atoms with Gasteiger partial charge in [-0.05, 0) is 35.9 Å². The average Bonchev–Trinajstić information content (AvgIpc) is 2.72. The van der Waals surface area contributed by atoms with E-state index in [-0.39, 0.29) is 27.3 Å². The zero-order valence-corrected chi connectivity index (χ0v) is 16.4. The Bertz CT molecular complexity index is 1060. The predicted octanol–water partition coefficient (Wildman–Crippen LogP) is 3.30. The first-order chi connectivity index (χ1) is 13.5. The van der Waals surface area contributed by atoms with E-state index in [4.69, 9.17) is 11.6 Å². The van der Waals surface area contributed by atoms with Crippen LogP contribution in [0.15, 0.2) is 82.8 Å². The summed E-state index contributed by atoms with van der Waals surface area (Å²) in [5.41, 5.74) is 1.25. The SMILES string of the molecule is O=C(CNc1cccc(S(=O)(=O)c2ccccc2)c1Cl)NCc1cccnc1. The lowest BCUT2D eigenvalue weighted by Gasteiger charge is -2.12. The van der Waals surface area contributed by atoms with Gasteiger partial charge in [0.1, 0.15) is 0 Å². The van der Waals surface area contributed by atoms with E-state index in [1.807, 2.05) is 6.07 Å². The number of pyridine rings is 1. The maximum absolute atomic E-state index is 12.8. The maximum Gasteiger partial charge on any atom is 0.239 e. The molecule has 3 rings (SSSR count). The predicted molar refractivity (Wildman–Crippen MR) is 108 cm³/mol. The van der Waals surface area contributed by atoms with Crippen molar-refractivity contribution in [3.05, 3.63) is 83.6 Å². The molecule has 0 unspecified atom stereocenters. The monoisotopic (exact) mass is 415 g/mol. The second-order valence-electron chi connectivity index (χ2n) is 5.93. The molecular weight excluding hydrogens is 398 g/mol. The van der Waals surface area contributed by atoms with E-state index in [1.165, 1.54) is 18.2 Å². The summed E-state index contributed by atoms with van der Waals surface area (Å²) in [4.78, 5) is 16.2. The van der Waals surface area contributed by atoms with E-state index in [1.54, 1.807) is 48.8 Å². The minimum atomic E-state index is -3.76. The Labute approximate surface area is 168 Å². The van der Waals surface area contributed by atoms with Crippen molar-refractivity contribution in [2.75, 3.05) is 11.9 Å². The summed E-state index contributed by atoms with van der Waals surface area (Å²) in [7, 11) is -3.76. The topological polar surface area (TPSA) is 88.2 Å². The van der Waals surface area contributed by atoms with Gasteiger partial charge in [0.15, 0.2) is 0 Å². The maximum atomic E-state index is 12.8. The summed E-state index contributed by atoms with van der Waals surface area (Å²) < 4.78 is 25.6. The molecule has 0 aliphatic rings.